The van der Waals surface area contributed by atoms with Crippen LogP contribution in [0.1, 0.15) is 37.2 Å². The Labute approximate surface area is 121 Å². The van der Waals surface area contributed by atoms with Gasteiger partial charge in [-0.1, -0.05) is 6.92 Å². The van der Waals surface area contributed by atoms with Crippen molar-refractivity contribution in [2.75, 3.05) is 6.54 Å². The summed E-state index contributed by atoms with van der Waals surface area (Å²) in [7, 11) is 0. The monoisotopic (exact) mass is 297 g/mol. The van der Waals surface area contributed by atoms with Crippen LogP contribution >= 0.6 is 0 Å². The largest absolute Gasteiger partial charge is 0.481 e. The number of hydrogen-bond acceptors (Lipinski definition) is 5. The first kappa shape index (κ1) is 16.8. The Bertz CT molecular complexity index is 579. The zero-order chi connectivity index (χ0) is 16.0. The molecular weight excluding hydrogens is 278 g/mol. The van der Waals surface area contributed by atoms with Crippen LogP contribution in [0.3, 0.4) is 0 Å². The SMILES string of the molecule is CCCn1nc(C(=O)NCC(C)(O)CC(=O)O)ccc1=O. The van der Waals surface area contributed by atoms with Crippen molar-refractivity contribution >= 4 is 11.9 Å². The quantitative estimate of drug-likeness (QED) is 0.630. The number of hydrogen-bond donors (Lipinski definition) is 3. The number of carbonyl (C=O) groups excluding carboxylic acids is 1. The number of carboxylic acid groups (broad SMARTS) is 1. The molecule has 0 radical (unpaired) electrons. The van der Waals surface area contributed by atoms with Crippen molar-refractivity contribution in [3.8, 4) is 0 Å². The fourth-order valence-electron chi connectivity index (χ4n) is 1.69. The number of aryl methyl sites for hydroxylation is 1. The van der Waals surface area contributed by atoms with Gasteiger partial charge in [-0.05, 0) is 19.4 Å². The van der Waals surface area contributed by atoms with E-state index in [1.54, 1.807) is 0 Å². The van der Waals surface area contributed by atoms with Crippen LogP contribution in [0.4, 0.5) is 0 Å². The second kappa shape index (κ2) is 6.98. The maximum absolute atomic E-state index is 11.9. The van der Waals surface area contributed by atoms with Gasteiger partial charge in [-0.2, -0.15) is 5.10 Å². The van der Waals surface area contributed by atoms with Crippen molar-refractivity contribution in [2.45, 2.75) is 38.8 Å². The fraction of sp³-hybridized carbons (Fsp3) is 0.538. The van der Waals surface area contributed by atoms with Crippen LogP contribution in [-0.2, 0) is 11.3 Å². The molecule has 116 valence electrons. The molecule has 1 rings (SSSR count). The molecule has 21 heavy (non-hydrogen) atoms. The molecule has 0 saturated heterocycles. The van der Waals surface area contributed by atoms with Crippen LogP contribution in [0, 0.1) is 0 Å². The Morgan fingerprint density at radius 1 is 1.43 bits per heavy atom. The summed E-state index contributed by atoms with van der Waals surface area (Å²) in [5.41, 5.74) is -1.82. The van der Waals surface area contributed by atoms with Crippen molar-refractivity contribution in [2.24, 2.45) is 0 Å². The van der Waals surface area contributed by atoms with E-state index in [0.29, 0.717) is 13.0 Å². The summed E-state index contributed by atoms with van der Waals surface area (Å²) < 4.78 is 1.18. The smallest absolute Gasteiger partial charge is 0.306 e. The highest BCUT2D eigenvalue weighted by Gasteiger charge is 2.25. The highest BCUT2D eigenvalue weighted by Crippen LogP contribution is 2.07. The van der Waals surface area contributed by atoms with Crippen LogP contribution in [0.2, 0.25) is 0 Å². The third-order valence-corrected chi connectivity index (χ3v) is 2.70. The molecular formula is C13H19N3O5. The third kappa shape index (κ3) is 5.35. The van der Waals surface area contributed by atoms with E-state index in [0.717, 1.165) is 0 Å². The van der Waals surface area contributed by atoms with Gasteiger partial charge in [0, 0.05) is 19.2 Å². The van der Waals surface area contributed by atoms with Crippen LogP contribution < -0.4 is 10.9 Å². The van der Waals surface area contributed by atoms with Gasteiger partial charge in [0.15, 0.2) is 0 Å². The first-order valence-corrected chi connectivity index (χ1v) is 6.56. The highest BCUT2D eigenvalue weighted by atomic mass is 16.4. The predicted molar refractivity (Wildman–Crippen MR) is 74.0 cm³/mol. The molecule has 1 unspecified atom stereocenters. The topological polar surface area (TPSA) is 122 Å². The molecule has 0 aromatic carbocycles. The summed E-state index contributed by atoms with van der Waals surface area (Å²) >= 11 is 0. The van der Waals surface area contributed by atoms with E-state index >= 15 is 0 Å². The molecule has 0 fully saturated rings. The Kier molecular flexibility index (Phi) is 5.60. The molecule has 3 N–H and O–H groups in total. The maximum Gasteiger partial charge on any atom is 0.306 e. The first-order valence-electron chi connectivity index (χ1n) is 6.56. The number of nitrogens with zero attached hydrogens (tertiary/aromatic N) is 2. The van der Waals surface area contributed by atoms with Crippen molar-refractivity contribution in [1.82, 2.24) is 15.1 Å². The van der Waals surface area contributed by atoms with E-state index < -0.39 is 23.9 Å². The summed E-state index contributed by atoms with van der Waals surface area (Å²) in [6.07, 6.45) is 0.210. The van der Waals surface area contributed by atoms with Crippen molar-refractivity contribution < 1.29 is 19.8 Å². The Morgan fingerprint density at radius 3 is 2.67 bits per heavy atom. The second-order valence-electron chi connectivity index (χ2n) is 5.03. The molecule has 1 heterocycles. The first-order chi connectivity index (χ1) is 9.75. The molecule has 1 aromatic heterocycles. The molecule has 1 atom stereocenters. The number of aliphatic carboxylic acids is 1. The number of aromatic nitrogens is 2. The van der Waals surface area contributed by atoms with E-state index in [-0.39, 0.29) is 17.8 Å². The van der Waals surface area contributed by atoms with Crippen LogP contribution in [0.25, 0.3) is 0 Å². The van der Waals surface area contributed by atoms with Gasteiger partial charge in [-0.3, -0.25) is 14.4 Å². The second-order valence-corrected chi connectivity index (χ2v) is 5.03. The summed E-state index contributed by atoms with van der Waals surface area (Å²) in [6, 6.07) is 2.53. The number of rotatable bonds is 7. The van der Waals surface area contributed by atoms with Crippen molar-refractivity contribution in [3.05, 3.63) is 28.2 Å². The van der Waals surface area contributed by atoms with Gasteiger partial charge in [0.2, 0.25) is 0 Å². The average Bonchev–Trinajstić information content (AvgIpc) is 2.37. The van der Waals surface area contributed by atoms with Crippen LogP contribution in [0.5, 0.6) is 0 Å². The summed E-state index contributed by atoms with van der Waals surface area (Å²) in [5, 5.41) is 24.7. The maximum atomic E-state index is 11.9. The molecule has 0 aliphatic carbocycles. The van der Waals surface area contributed by atoms with Gasteiger partial charge in [0.1, 0.15) is 5.69 Å². The van der Waals surface area contributed by atoms with Gasteiger partial charge in [-0.15, -0.1) is 0 Å². The number of amides is 1. The summed E-state index contributed by atoms with van der Waals surface area (Å²) in [4.78, 5) is 33.9. The lowest BCUT2D eigenvalue weighted by Crippen LogP contribution is -2.42. The van der Waals surface area contributed by atoms with E-state index in [4.69, 9.17) is 5.11 Å². The normalized spacial score (nSPS) is 13.5. The third-order valence-electron chi connectivity index (χ3n) is 2.70. The van der Waals surface area contributed by atoms with E-state index in [1.165, 1.54) is 23.7 Å². The van der Waals surface area contributed by atoms with Crippen LogP contribution in [0.15, 0.2) is 16.9 Å². The molecule has 8 heteroatoms. The van der Waals surface area contributed by atoms with Crippen molar-refractivity contribution in [1.29, 1.82) is 0 Å². The molecule has 0 saturated carbocycles. The Balaban J connectivity index is 2.74. The minimum atomic E-state index is -1.56. The standard InChI is InChI=1S/C13H19N3O5/c1-3-6-16-10(17)5-4-9(15-16)12(20)14-8-13(2,21)7-11(18)19/h4-5,21H,3,6-8H2,1-2H3,(H,14,20)(H,18,19). The Morgan fingerprint density at radius 2 is 2.10 bits per heavy atom. The molecule has 0 aliphatic heterocycles. The molecule has 0 spiro atoms. The van der Waals surface area contributed by atoms with E-state index in [2.05, 4.69) is 10.4 Å². The zero-order valence-corrected chi connectivity index (χ0v) is 12.0. The highest BCUT2D eigenvalue weighted by molar-refractivity contribution is 5.92. The number of nitrogens with one attached hydrogen (secondary N) is 1. The average molecular weight is 297 g/mol. The van der Waals surface area contributed by atoms with Gasteiger partial charge in [0.05, 0.1) is 12.0 Å². The van der Waals surface area contributed by atoms with Gasteiger partial charge in [0.25, 0.3) is 11.5 Å². The molecule has 0 aliphatic rings. The lowest BCUT2D eigenvalue weighted by molar-refractivity contribution is -0.141. The molecule has 1 aromatic rings. The van der Waals surface area contributed by atoms with E-state index in [9.17, 15) is 19.5 Å². The molecule has 0 bridgehead atoms. The van der Waals surface area contributed by atoms with E-state index in [1.807, 2.05) is 6.92 Å². The van der Waals surface area contributed by atoms with Gasteiger partial charge >= 0.3 is 5.97 Å². The zero-order valence-electron chi connectivity index (χ0n) is 12.0. The number of carbonyl (C=O) groups is 2. The minimum absolute atomic E-state index is 0.0363. The molecule has 8 nitrogen and oxygen atoms in total. The van der Waals surface area contributed by atoms with Gasteiger partial charge in [-0.25, -0.2) is 4.68 Å². The lowest BCUT2D eigenvalue weighted by Gasteiger charge is -2.21. The molecule has 1 amide bonds. The van der Waals surface area contributed by atoms with Crippen LogP contribution in [-0.4, -0.2) is 44.0 Å². The van der Waals surface area contributed by atoms with Crippen molar-refractivity contribution in [3.63, 3.8) is 0 Å². The predicted octanol–water partition coefficient (Wildman–Crippen LogP) is -0.391. The minimum Gasteiger partial charge on any atom is -0.481 e. The summed E-state index contributed by atoms with van der Waals surface area (Å²) in [6.45, 7) is 3.36. The number of carboxylic acids is 1. The fourth-order valence-corrected chi connectivity index (χ4v) is 1.69. The number of aliphatic hydroxyl groups is 1. The lowest BCUT2D eigenvalue weighted by atomic mass is 10.0. The Hall–Kier alpha value is -2.22. The summed E-state index contributed by atoms with van der Waals surface area (Å²) in [5.74, 6) is -1.74. The van der Waals surface area contributed by atoms with Gasteiger partial charge < -0.3 is 15.5 Å².